The number of aromatic amines is 1. The van der Waals surface area contributed by atoms with Crippen LogP contribution in [0.5, 0.6) is 0 Å². The fraction of sp³-hybridized carbons (Fsp3) is 0.222. The van der Waals surface area contributed by atoms with E-state index in [4.69, 9.17) is 9.68 Å². The van der Waals surface area contributed by atoms with E-state index < -0.39 is 0 Å². The van der Waals surface area contributed by atoms with Crippen LogP contribution in [0.15, 0.2) is 33.5 Å². The van der Waals surface area contributed by atoms with Crippen molar-refractivity contribution in [3.63, 3.8) is 0 Å². The molecule has 0 saturated heterocycles. The molecular formula is C18H16N4O3. The van der Waals surface area contributed by atoms with Gasteiger partial charge < -0.3 is 9.40 Å². The van der Waals surface area contributed by atoms with Gasteiger partial charge in [0.05, 0.1) is 11.0 Å². The summed E-state index contributed by atoms with van der Waals surface area (Å²) in [6, 6.07) is 9.22. The molecule has 3 rings (SSSR count). The number of nitrogens with one attached hydrogen (secondary N) is 2. The summed E-state index contributed by atoms with van der Waals surface area (Å²) in [7, 11) is 0. The average Bonchev–Trinajstić information content (AvgIpc) is 2.86. The molecule has 25 heavy (non-hydrogen) atoms. The zero-order chi connectivity index (χ0) is 18.0. The maximum absolute atomic E-state index is 12.1. The number of rotatable bonds is 4. The highest BCUT2D eigenvalue weighted by Gasteiger charge is 2.17. The number of nitriles is 1. The lowest BCUT2D eigenvalue weighted by atomic mass is 10.2. The second-order valence-electron chi connectivity index (χ2n) is 5.68. The normalized spacial score (nSPS) is 10.6. The highest BCUT2D eigenvalue weighted by atomic mass is 16.4. The van der Waals surface area contributed by atoms with Gasteiger partial charge in [0.2, 0.25) is 11.8 Å². The number of carbonyl (C=O) groups is 1. The van der Waals surface area contributed by atoms with Crippen LogP contribution in [0.2, 0.25) is 0 Å². The molecule has 0 fully saturated rings. The number of amides is 1. The van der Waals surface area contributed by atoms with Crippen LogP contribution in [0.3, 0.4) is 0 Å². The molecule has 1 amide bonds. The fourth-order valence-corrected chi connectivity index (χ4v) is 2.51. The number of carbonyl (C=O) groups excluding carboxylic acids is 1. The summed E-state index contributed by atoms with van der Waals surface area (Å²) in [5.41, 5.74) is 2.32. The molecule has 0 atom stereocenters. The van der Waals surface area contributed by atoms with Crippen molar-refractivity contribution in [2.45, 2.75) is 26.7 Å². The van der Waals surface area contributed by atoms with Crippen LogP contribution in [0, 0.1) is 25.2 Å². The Balaban J connectivity index is 1.73. The first kappa shape index (κ1) is 16.5. The summed E-state index contributed by atoms with van der Waals surface area (Å²) >= 11 is 0. The predicted octanol–water partition coefficient (Wildman–Crippen LogP) is 2.58. The van der Waals surface area contributed by atoms with Gasteiger partial charge in [0.15, 0.2) is 0 Å². The third-order valence-corrected chi connectivity index (χ3v) is 4.01. The number of aryl methyl sites for hydroxylation is 2. The summed E-state index contributed by atoms with van der Waals surface area (Å²) in [5.74, 6) is 0.377. The zero-order valence-corrected chi connectivity index (χ0v) is 13.8. The van der Waals surface area contributed by atoms with Crippen LogP contribution in [-0.2, 0) is 11.2 Å². The Morgan fingerprint density at radius 3 is 2.88 bits per heavy atom. The molecule has 126 valence electrons. The molecular weight excluding hydrogens is 320 g/mol. The van der Waals surface area contributed by atoms with E-state index >= 15 is 0 Å². The molecule has 0 unspecified atom stereocenters. The number of nitrogens with zero attached hydrogens (tertiary/aromatic N) is 2. The van der Waals surface area contributed by atoms with Crippen LogP contribution in [0.25, 0.3) is 11.0 Å². The van der Waals surface area contributed by atoms with E-state index in [-0.39, 0.29) is 30.2 Å². The number of fused-ring (bicyclic) bond motifs is 1. The summed E-state index contributed by atoms with van der Waals surface area (Å²) in [6.45, 7) is 3.48. The van der Waals surface area contributed by atoms with Gasteiger partial charge in [-0.2, -0.15) is 5.26 Å². The van der Waals surface area contributed by atoms with Gasteiger partial charge in [0.1, 0.15) is 23.1 Å². The Hall–Kier alpha value is -3.40. The lowest BCUT2D eigenvalue weighted by Gasteiger charge is -2.04. The molecule has 7 nitrogen and oxygen atoms in total. The molecule has 2 heterocycles. The average molecular weight is 336 g/mol. The van der Waals surface area contributed by atoms with E-state index in [1.54, 1.807) is 26.0 Å². The smallest absolute Gasteiger partial charge is 0.270 e. The highest BCUT2D eigenvalue weighted by molar-refractivity contribution is 5.91. The minimum absolute atomic E-state index is 0.0537. The highest BCUT2D eigenvalue weighted by Crippen LogP contribution is 2.25. The number of hydrogen-bond acceptors (Lipinski definition) is 5. The number of furan rings is 1. The molecule has 2 aromatic heterocycles. The Morgan fingerprint density at radius 1 is 1.36 bits per heavy atom. The monoisotopic (exact) mass is 336 g/mol. The summed E-state index contributed by atoms with van der Waals surface area (Å²) in [6.07, 6.45) is 0.241. The van der Waals surface area contributed by atoms with E-state index in [2.05, 4.69) is 15.3 Å². The van der Waals surface area contributed by atoms with Gasteiger partial charge in [-0.25, -0.2) is 4.98 Å². The maximum Gasteiger partial charge on any atom is 0.270 e. The van der Waals surface area contributed by atoms with E-state index in [9.17, 15) is 9.59 Å². The van der Waals surface area contributed by atoms with Gasteiger partial charge in [0, 0.05) is 18.4 Å². The lowest BCUT2D eigenvalue weighted by Crippen LogP contribution is -2.19. The number of hydrogen-bond donors (Lipinski definition) is 2. The van der Waals surface area contributed by atoms with Gasteiger partial charge in [-0.3, -0.25) is 14.9 Å². The van der Waals surface area contributed by atoms with E-state index in [1.165, 1.54) is 0 Å². The van der Waals surface area contributed by atoms with Crippen LogP contribution < -0.4 is 10.9 Å². The Morgan fingerprint density at radius 2 is 2.12 bits per heavy atom. The second kappa shape index (κ2) is 6.61. The van der Waals surface area contributed by atoms with Gasteiger partial charge in [-0.05, 0) is 26.0 Å². The van der Waals surface area contributed by atoms with E-state index in [0.29, 0.717) is 33.6 Å². The molecule has 0 aliphatic rings. The van der Waals surface area contributed by atoms with Crippen LogP contribution >= 0.6 is 0 Å². The number of aromatic nitrogens is 2. The molecule has 1 aromatic carbocycles. The fourth-order valence-electron chi connectivity index (χ4n) is 2.51. The first-order valence-corrected chi connectivity index (χ1v) is 7.77. The molecule has 0 spiro atoms. The molecule has 0 aliphatic heterocycles. The van der Waals surface area contributed by atoms with E-state index in [1.807, 2.05) is 18.2 Å². The quantitative estimate of drug-likeness (QED) is 0.760. The van der Waals surface area contributed by atoms with Crippen molar-refractivity contribution in [3.05, 3.63) is 57.2 Å². The predicted molar refractivity (Wildman–Crippen MR) is 92.2 cm³/mol. The number of benzene rings is 1. The minimum Gasteiger partial charge on any atom is -0.444 e. The minimum atomic E-state index is -0.348. The van der Waals surface area contributed by atoms with Gasteiger partial charge in [-0.15, -0.1) is 0 Å². The van der Waals surface area contributed by atoms with Crippen molar-refractivity contribution in [2.24, 2.45) is 0 Å². The van der Waals surface area contributed by atoms with Crippen molar-refractivity contribution in [2.75, 3.05) is 5.32 Å². The SMILES string of the molecule is Cc1oc(NC(=O)CCc2nc3ccccc3[nH]c2=O)c(C#N)c1C. The molecule has 0 radical (unpaired) electrons. The van der Waals surface area contributed by atoms with Crippen molar-refractivity contribution < 1.29 is 9.21 Å². The zero-order valence-electron chi connectivity index (χ0n) is 13.8. The summed E-state index contributed by atoms with van der Waals surface area (Å²) in [5, 5.41) is 11.7. The van der Waals surface area contributed by atoms with Crippen molar-refractivity contribution >= 4 is 22.8 Å². The van der Waals surface area contributed by atoms with Crippen molar-refractivity contribution in [3.8, 4) is 6.07 Å². The Kier molecular flexibility index (Phi) is 4.35. The third kappa shape index (κ3) is 3.28. The lowest BCUT2D eigenvalue weighted by molar-refractivity contribution is -0.116. The number of para-hydroxylation sites is 2. The second-order valence-corrected chi connectivity index (χ2v) is 5.68. The maximum atomic E-state index is 12.1. The topological polar surface area (TPSA) is 112 Å². The van der Waals surface area contributed by atoms with Crippen LogP contribution in [0.1, 0.15) is 29.0 Å². The largest absolute Gasteiger partial charge is 0.444 e. The van der Waals surface area contributed by atoms with Crippen LogP contribution in [-0.4, -0.2) is 15.9 Å². The van der Waals surface area contributed by atoms with Crippen LogP contribution in [0.4, 0.5) is 5.88 Å². The van der Waals surface area contributed by atoms with Gasteiger partial charge in [-0.1, -0.05) is 12.1 Å². The summed E-state index contributed by atoms with van der Waals surface area (Å²) < 4.78 is 5.40. The first-order chi connectivity index (χ1) is 12.0. The molecule has 0 bridgehead atoms. The molecule has 0 aliphatic carbocycles. The van der Waals surface area contributed by atoms with Gasteiger partial charge in [0.25, 0.3) is 5.56 Å². The molecule has 3 aromatic rings. The van der Waals surface area contributed by atoms with E-state index in [0.717, 1.165) is 0 Å². The molecule has 7 heteroatoms. The summed E-state index contributed by atoms with van der Waals surface area (Å²) in [4.78, 5) is 31.2. The molecule has 0 saturated carbocycles. The third-order valence-electron chi connectivity index (χ3n) is 4.01. The number of H-pyrrole nitrogens is 1. The first-order valence-electron chi connectivity index (χ1n) is 7.77. The van der Waals surface area contributed by atoms with Gasteiger partial charge >= 0.3 is 0 Å². The van der Waals surface area contributed by atoms with Crippen molar-refractivity contribution in [1.29, 1.82) is 5.26 Å². The molecule has 2 N–H and O–H groups in total. The Bertz CT molecular complexity index is 1060. The number of anilines is 1. The standard InChI is InChI=1S/C18H16N4O3/c1-10-11(2)25-18(12(10)9-19)22-16(23)8-7-15-17(24)21-14-6-4-3-5-13(14)20-15/h3-6H,7-8H2,1-2H3,(H,21,24)(H,22,23). The Labute approximate surface area is 143 Å². The van der Waals surface area contributed by atoms with Crippen molar-refractivity contribution in [1.82, 2.24) is 9.97 Å².